The number of nitro benzene ring substituents is 1. The summed E-state index contributed by atoms with van der Waals surface area (Å²) >= 11 is 0. The van der Waals surface area contributed by atoms with Gasteiger partial charge in [0.15, 0.2) is 11.5 Å². The highest BCUT2D eigenvalue weighted by atomic mass is 16.6. The van der Waals surface area contributed by atoms with Crippen molar-refractivity contribution < 1.29 is 14.4 Å². The first-order chi connectivity index (χ1) is 12.6. The van der Waals surface area contributed by atoms with Gasteiger partial charge in [-0.25, -0.2) is 9.97 Å². The standard InChI is InChI=1S/C17H21N5O4/c1-25-15-10-13(14(22(23)24)11-16(15)26-2)12-20-6-8-21(9-7-20)17-18-4-3-5-19-17/h3-5,10-11H,6-9,12H2,1-2H3. The van der Waals surface area contributed by atoms with Crippen LogP contribution in [0.15, 0.2) is 30.6 Å². The minimum absolute atomic E-state index is 0.0384. The molecule has 1 saturated heterocycles. The van der Waals surface area contributed by atoms with Crippen LogP contribution in [-0.4, -0.2) is 60.2 Å². The van der Waals surface area contributed by atoms with Crippen molar-refractivity contribution in [2.75, 3.05) is 45.3 Å². The largest absolute Gasteiger partial charge is 0.493 e. The van der Waals surface area contributed by atoms with E-state index >= 15 is 0 Å². The van der Waals surface area contributed by atoms with Crippen molar-refractivity contribution in [1.29, 1.82) is 0 Å². The Morgan fingerprint density at radius 1 is 1.08 bits per heavy atom. The lowest BCUT2D eigenvalue weighted by molar-refractivity contribution is -0.385. The molecule has 1 aliphatic rings. The van der Waals surface area contributed by atoms with Gasteiger partial charge in [0, 0.05) is 50.7 Å². The van der Waals surface area contributed by atoms with E-state index < -0.39 is 0 Å². The molecule has 1 aromatic carbocycles. The molecule has 138 valence electrons. The summed E-state index contributed by atoms with van der Waals surface area (Å²) in [5.41, 5.74) is 0.647. The summed E-state index contributed by atoms with van der Waals surface area (Å²) in [6.07, 6.45) is 3.45. The van der Waals surface area contributed by atoms with Gasteiger partial charge in [-0.05, 0) is 12.1 Å². The predicted molar refractivity (Wildman–Crippen MR) is 95.7 cm³/mol. The Bertz CT molecular complexity index is 763. The molecule has 2 aromatic rings. The zero-order chi connectivity index (χ0) is 18.5. The summed E-state index contributed by atoms with van der Waals surface area (Å²) in [5.74, 6) is 1.56. The van der Waals surface area contributed by atoms with Gasteiger partial charge in [-0.1, -0.05) is 0 Å². The molecule has 3 rings (SSSR count). The van der Waals surface area contributed by atoms with Crippen molar-refractivity contribution in [2.24, 2.45) is 0 Å². The average Bonchev–Trinajstić information content (AvgIpc) is 2.68. The van der Waals surface area contributed by atoms with Gasteiger partial charge < -0.3 is 14.4 Å². The highest BCUT2D eigenvalue weighted by Gasteiger charge is 2.24. The van der Waals surface area contributed by atoms with Gasteiger partial charge in [-0.15, -0.1) is 0 Å². The van der Waals surface area contributed by atoms with Gasteiger partial charge in [0.25, 0.3) is 5.69 Å². The number of methoxy groups -OCH3 is 2. The predicted octanol–water partition coefficient (Wildman–Crippen LogP) is 1.72. The lowest BCUT2D eigenvalue weighted by Gasteiger charge is -2.34. The zero-order valence-corrected chi connectivity index (χ0v) is 14.8. The van der Waals surface area contributed by atoms with Crippen molar-refractivity contribution in [3.8, 4) is 11.5 Å². The molecule has 0 saturated carbocycles. The molecule has 0 radical (unpaired) electrons. The number of aromatic nitrogens is 2. The molecule has 9 nitrogen and oxygen atoms in total. The second-order valence-corrected chi connectivity index (χ2v) is 5.91. The lowest BCUT2D eigenvalue weighted by Crippen LogP contribution is -2.46. The van der Waals surface area contributed by atoms with Gasteiger partial charge in [-0.2, -0.15) is 0 Å². The average molecular weight is 359 g/mol. The fourth-order valence-electron chi connectivity index (χ4n) is 3.01. The number of hydrogen-bond donors (Lipinski definition) is 0. The van der Waals surface area contributed by atoms with Crippen LogP contribution >= 0.6 is 0 Å². The van der Waals surface area contributed by atoms with Crippen LogP contribution in [0.2, 0.25) is 0 Å². The smallest absolute Gasteiger partial charge is 0.277 e. The van der Waals surface area contributed by atoms with Gasteiger partial charge in [0.1, 0.15) is 0 Å². The van der Waals surface area contributed by atoms with Crippen LogP contribution in [0.1, 0.15) is 5.56 Å². The van der Waals surface area contributed by atoms with Crippen LogP contribution in [0.25, 0.3) is 0 Å². The molecule has 0 unspecified atom stereocenters. The van der Waals surface area contributed by atoms with Crippen LogP contribution in [0.4, 0.5) is 11.6 Å². The number of anilines is 1. The Morgan fingerprint density at radius 2 is 1.69 bits per heavy atom. The molecule has 0 bridgehead atoms. The summed E-state index contributed by atoms with van der Waals surface area (Å²) in [6.45, 7) is 3.55. The summed E-state index contributed by atoms with van der Waals surface area (Å²) < 4.78 is 10.5. The van der Waals surface area contributed by atoms with E-state index in [0.717, 1.165) is 26.2 Å². The number of nitro groups is 1. The van der Waals surface area contributed by atoms with Gasteiger partial charge >= 0.3 is 0 Å². The minimum atomic E-state index is -0.384. The molecule has 1 aromatic heterocycles. The van der Waals surface area contributed by atoms with E-state index in [9.17, 15) is 10.1 Å². The Kier molecular flexibility index (Phi) is 5.47. The maximum atomic E-state index is 11.4. The van der Waals surface area contributed by atoms with Crippen LogP contribution in [0.3, 0.4) is 0 Å². The minimum Gasteiger partial charge on any atom is -0.493 e. The molecule has 1 aliphatic heterocycles. The first kappa shape index (κ1) is 17.9. The van der Waals surface area contributed by atoms with E-state index in [1.54, 1.807) is 24.5 Å². The van der Waals surface area contributed by atoms with Crippen molar-refractivity contribution in [2.45, 2.75) is 6.54 Å². The number of rotatable bonds is 6. The Balaban J connectivity index is 1.72. The fourth-order valence-corrected chi connectivity index (χ4v) is 3.01. The Labute approximate surface area is 151 Å². The third-order valence-corrected chi connectivity index (χ3v) is 4.38. The number of ether oxygens (including phenoxy) is 2. The normalized spacial score (nSPS) is 14.9. The maximum absolute atomic E-state index is 11.4. The van der Waals surface area contributed by atoms with E-state index in [-0.39, 0.29) is 10.6 Å². The SMILES string of the molecule is COc1cc(CN2CCN(c3ncccn3)CC2)c([N+](=O)[O-])cc1OC. The first-order valence-corrected chi connectivity index (χ1v) is 8.26. The van der Waals surface area contributed by atoms with Crippen LogP contribution in [0.5, 0.6) is 11.5 Å². The van der Waals surface area contributed by atoms with Crippen LogP contribution in [0, 0.1) is 10.1 Å². The van der Waals surface area contributed by atoms with E-state index in [4.69, 9.17) is 9.47 Å². The van der Waals surface area contributed by atoms with E-state index in [2.05, 4.69) is 19.8 Å². The first-order valence-electron chi connectivity index (χ1n) is 8.26. The van der Waals surface area contributed by atoms with Gasteiger partial charge in [0.2, 0.25) is 5.95 Å². The molecule has 2 heterocycles. The molecule has 0 spiro atoms. The fraction of sp³-hybridized carbons (Fsp3) is 0.412. The third-order valence-electron chi connectivity index (χ3n) is 4.38. The molecule has 0 N–H and O–H groups in total. The van der Waals surface area contributed by atoms with Crippen molar-refractivity contribution in [3.05, 3.63) is 46.3 Å². The second kappa shape index (κ2) is 7.96. The summed E-state index contributed by atoms with van der Waals surface area (Å²) in [6, 6.07) is 4.89. The number of nitrogens with zero attached hydrogens (tertiary/aromatic N) is 5. The topological polar surface area (TPSA) is 93.9 Å². The summed E-state index contributed by atoms with van der Waals surface area (Å²) in [5, 5.41) is 11.4. The number of piperazine rings is 1. The highest BCUT2D eigenvalue weighted by Crippen LogP contribution is 2.35. The van der Waals surface area contributed by atoms with Crippen LogP contribution in [-0.2, 0) is 6.54 Å². The lowest BCUT2D eigenvalue weighted by atomic mass is 10.1. The second-order valence-electron chi connectivity index (χ2n) is 5.91. The number of hydrogen-bond acceptors (Lipinski definition) is 8. The molecular weight excluding hydrogens is 338 g/mol. The molecule has 0 aliphatic carbocycles. The van der Waals surface area contributed by atoms with E-state index in [0.29, 0.717) is 29.6 Å². The Morgan fingerprint density at radius 3 is 2.27 bits per heavy atom. The highest BCUT2D eigenvalue weighted by molar-refractivity contribution is 5.54. The monoisotopic (exact) mass is 359 g/mol. The van der Waals surface area contributed by atoms with Crippen LogP contribution < -0.4 is 14.4 Å². The Hall–Kier alpha value is -2.94. The maximum Gasteiger partial charge on any atom is 0.277 e. The molecule has 0 amide bonds. The third kappa shape index (κ3) is 3.83. The number of benzene rings is 1. The van der Waals surface area contributed by atoms with Crippen molar-refractivity contribution in [3.63, 3.8) is 0 Å². The van der Waals surface area contributed by atoms with E-state index in [1.807, 2.05) is 0 Å². The molecular formula is C17H21N5O4. The summed E-state index contributed by atoms with van der Waals surface area (Å²) in [4.78, 5) is 23.9. The van der Waals surface area contributed by atoms with Gasteiger partial charge in [-0.3, -0.25) is 15.0 Å². The molecule has 1 fully saturated rings. The molecule has 26 heavy (non-hydrogen) atoms. The molecule has 9 heteroatoms. The molecule has 0 atom stereocenters. The van der Waals surface area contributed by atoms with Gasteiger partial charge in [0.05, 0.1) is 25.2 Å². The zero-order valence-electron chi connectivity index (χ0n) is 14.8. The quantitative estimate of drug-likeness (QED) is 0.568. The van der Waals surface area contributed by atoms with Crippen molar-refractivity contribution >= 4 is 11.6 Å². The summed E-state index contributed by atoms with van der Waals surface area (Å²) in [7, 11) is 2.98. The van der Waals surface area contributed by atoms with E-state index in [1.165, 1.54) is 20.3 Å². The van der Waals surface area contributed by atoms with Crippen molar-refractivity contribution in [1.82, 2.24) is 14.9 Å².